The Hall–Kier alpha value is -0.120. The van der Waals surface area contributed by atoms with Crippen molar-refractivity contribution in [1.82, 2.24) is 14.7 Å². The van der Waals surface area contributed by atoms with Crippen LogP contribution in [0.2, 0.25) is 0 Å². The Balaban J connectivity index is 1.64. The SMILES string of the molecule is CCN(C)CCC(C)N1CCN(C2CC2)CC1. The molecule has 1 aliphatic heterocycles. The third-order valence-corrected chi connectivity index (χ3v) is 4.50. The van der Waals surface area contributed by atoms with Gasteiger partial charge in [0.25, 0.3) is 0 Å². The normalized spacial score (nSPS) is 25.4. The highest BCUT2D eigenvalue weighted by Gasteiger charge is 2.31. The monoisotopic (exact) mass is 239 g/mol. The summed E-state index contributed by atoms with van der Waals surface area (Å²) in [6.45, 7) is 12.2. The van der Waals surface area contributed by atoms with Gasteiger partial charge < -0.3 is 4.90 Å². The van der Waals surface area contributed by atoms with Gasteiger partial charge in [0.05, 0.1) is 0 Å². The van der Waals surface area contributed by atoms with Crippen LogP contribution in [0.5, 0.6) is 0 Å². The molecule has 0 aromatic carbocycles. The van der Waals surface area contributed by atoms with Crippen molar-refractivity contribution in [2.45, 2.75) is 45.2 Å². The van der Waals surface area contributed by atoms with Gasteiger partial charge in [-0.3, -0.25) is 9.80 Å². The molecular formula is C14H29N3. The van der Waals surface area contributed by atoms with Crippen molar-refractivity contribution in [1.29, 1.82) is 0 Å². The highest BCUT2D eigenvalue weighted by Crippen LogP contribution is 2.27. The highest BCUT2D eigenvalue weighted by atomic mass is 15.3. The van der Waals surface area contributed by atoms with Crippen LogP contribution in [0.4, 0.5) is 0 Å². The van der Waals surface area contributed by atoms with Crippen molar-refractivity contribution in [3.05, 3.63) is 0 Å². The summed E-state index contributed by atoms with van der Waals surface area (Å²) >= 11 is 0. The van der Waals surface area contributed by atoms with E-state index in [0.29, 0.717) is 0 Å². The van der Waals surface area contributed by atoms with Crippen LogP contribution in [0.1, 0.15) is 33.1 Å². The lowest BCUT2D eigenvalue weighted by Crippen LogP contribution is -2.50. The lowest BCUT2D eigenvalue weighted by Gasteiger charge is -2.38. The van der Waals surface area contributed by atoms with Gasteiger partial charge in [0.15, 0.2) is 0 Å². The summed E-state index contributed by atoms with van der Waals surface area (Å²) in [6, 6.07) is 1.71. The molecule has 0 amide bonds. The van der Waals surface area contributed by atoms with Crippen molar-refractivity contribution >= 4 is 0 Å². The predicted molar refractivity (Wildman–Crippen MR) is 73.4 cm³/mol. The molecule has 0 N–H and O–H groups in total. The van der Waals surface area contributed by atoms with Crippen LogP contribution in [0.3, 0.4) is 0 Å². The number of nitrogens with zero attached hydrogens (tertiary/aromatic N) is 3. The lowest BCUT2D eigenvalue weighted by molar-refractivity contribution is 0.0903. The molecule has 0 radical (unpaired) electrons. The van der Waals surface area contributed by atoms with Crippen molar-refractivity contribution < 1.29 is 0 Å². The second kappa shape index (κ2) is 6.17. The molecule has 1 saturated heterocycles. The molecule has 1 aliphatic carbocycles. The van der Waals surface area contributed by atoms with Gasteiger partial charge in [-0.1, -0.05) is 6.92 Å². The van der Waals surface area contributed by atoms with E-state index in [4.69, 9.17) is 0 Å². The fourth-order valence-corrected chi connectivity index (χ4v) is 2.73. The maximum atomic E-state index is 2.70. The molecule has 3 heteroatoms. The summed E-state index contributed by atoms with van der Waals surface area (Å²) in [7, 11) is 2.22. The summed E-state index contributed by atoms with van der Waals surface area (Å²) in [5.41, 5.74) is 0. The van der Waals surface area contributed by atoms with E-state index >= 15 is 0 Å². The molecule has 17 heavy (non-hydrogen) atoms. The summed E-state index contributed by atoms with van der Waals surface area (Å²) < 4.78 is 0. The topological polar surface area (TPSA) is 9.72 Å². The fraction of sp³-hybridized carbons (Fsp3) is 1.00. The smallest absolute Gasteiger partial charge is 0.0113 e. The minimum atomic E-state index is 0.755. The van der Waals surface area contributed by atoms with Gasteiger partial charge in [-0.25, -0.2) is 0 Å². The van der Waals surface area contributed by atoms with Gasteiger partial charge in [-0.15, -0.1) is 0 Å². The van der Waals surface area contributed by atoms with Crippen LogP contribution in [0, 0.1) is 0 Å². The van der Waals surface area contributed by atoms with Gasteiger partial charge in [-0.05, 0) is 46.3 Å². The van der Waals surface area contributed by atoms with Crippen molar-refractivity contribution in [3.63, 3.8) is 0 Å². The van der Waals surface area contributed by atoms with E-state index in [0.717, 1.165) is 12.1 Å². The summed E-state index contributed by atoms with van der Waals surface area (Å²) in [4.78, 5) is 7.79. The van der Waals surface area contributed by atoms with E-state index in [1.807, 2.05) is 0 Å². The van der Waals surface area contributed by atoms with Gasteiger partial charge >= 0.3 is 0 Å². The van der Waals surface area contributed by atoms with E-state index in [2.05, 4.69) is 35.6 Å². The third kappa shape index (κ3) is 3.94. The van der Waals surface area contributed by atoms with Crippen LogP contribution >= 0.6 is 0 Å². The summed E-state index contributed by atoms with van der Waals surface area (Å²) in [5, 5.41) is 0. The number of hydrogen-bond acceptors (Lipinski definition) is 3. The molecule has 2 rings (SSSR count). The quantitative estimate of drug-likeness (QED) is 0.695. The maximum Gasteiger partial charge on any atom is 0.0113 e. The van der Waals surface area contributed by atoms with E-state index in [9.17, 15) is 0 Å². The summed E-state index contributed by atoms with van der Waals surface area (Å²) in [6.07, 6.45) is 4.22. The number of piperazine rings is 1. The molecule has 100 valence electrons. The van der Waals surface area contributed by atoms with Crippen LogP contribution in [0.25, 0.3) is 0 Å². The molecular weight excluding hydrogens is 210 g/mol. The first-order valence-electron chi connectivity index (χ1n) is 7.37. The first kappa shape index (κ1) is 13.3. The Morgan fingerprint density at radius 2 is 1.82 bits per heavy atom. The Bertz CT molecular complexity index is 220. The highest BCUT2D eigenvalue weighted by molar-refractivity contribution is 4.88. The third-order valence-electron chi connectivity index (χ3n) is 4.50. The second-order valence-corrected chi connectivity index (χ2v) is 5.84. The largest absolute Gasteiger partial charge is 0.307 e. The van der Waals surface area contributed by atoms with E-state index < -0.39 is 0 Å². The molecule has 0 aromatic rings. The lowest BCUT2D eigenvalue weighted by atomic mass is 10.1. The van der Waals surface area contributed by atoms with Crippen LogP contribution in [0.15, 0.2) is 0 Å². The van der Waals surface area contributed by atoms with Crippen molar-refractivity contribution in [3.8, 4) is 0 Å². The average molecular weight is 239 g/mol. The van der Waals surface area contributed by atoms with Gasteiger partial charge in [0.1, 0.15) is 0 Å². The van der Waals surface area contributed by atoms with E-state index in [1.54, 1.807) is 0 Å². The molecule has 1 saturated carbocycles. The molecule has 3 nitrogen and oxygen atoms in total. The first-order chi connectivity index (χ1) is 8.20. The van der Waals surface area contributed by atoms with Crippen LogP contribution < -0.4 is 0 Å². The molecule has 0 aromatic heterocycles. The summed E-state index contributed by atoms with van der Waals surface area (Å²) in [5.74, 6) is 0. The Morgan fingerprint density at radius 1 is 1.18 bits per heavy atom. The molecule has 1 heterocycles. The van der Waals surface area contributed by atoms with E-state index in [-0.39, 0.29) is 0 Å². The minimum absolute atomic E-state index is 0.755. The molecule has 0 spiro atoms. The standard InChI is InChI=1S/C14H29N3/c1-4-15(3)8-7-13(2)16-9-11-17(12-10-16)14-5-6-14/h13-14H,4-12H2,1-3H3. The molecule has 1 atom stereocenters. The minimum Gasteiger partial charge on any atom is -0.307 e. The van der Waals surface area contributed by atoms with Gasteiger partial charge in [0.2, 0.25) is 0 Å². The average Bonchev–Trinajstić information content (AvgIpc) is 3.20. The second-order valence-electron chi connectivity index (χ2n) is 5.84. The zero-order valence-corrected chi connectivity index (χ0v) is 11.9. The zero-order valence-electron chi connectivity index (χ0n) is 11.9. The van der Waals surface area contributed by atoms with Crippen molar-refractivity contribution in [2.24, 2.45) is 0 Å². The molecule has 1 unspecified atom stereocenters. The predicted octanol–water partition coefficient (Wildman–Crippen LogP) is 1.50. The Labute approximate surface area is 107 Å². The maximum absolute atomic E-state index is 2.70. The molecule has 0 bridgehead atoms. The van der Waals surface area contributed by atoms with E-state index in [1.165, 1.54) is 58.5 Å². The fourth-order valence-electron chi connectivity index (χ4n) is 2.73. The molecule has 2 fully saturated rings. The van der Waals surface area contributed by atoms with Crippen molar-refractivity contribution in [2.75, 3.05) is 46.3 Å². The van der Waals surface area contributed by atoms with Crippen LogP contribution in [-0.2, 0) is 0 Å². The first-order valence-corrected chi connectivity index (χ1v) is 7.37. The number of rotatable bonds is 6. The van der Waals surface area contributed by atoms with Gasteiger partial charge in [-0.2, -0.15) is 0 Å². The van der Waals surface area contributed by atoms with Crippen LogP contribution in [-0.4, -0.2) is 73.1 Å². The zero-order chi connectivity index (χ0) is 12.3. The molecule has 2 aliphatic rings. The Morgan fingerprint density at radius 3 is 2.35 bits per heavy atom. The Kier molecular flexibility index (Phi) is 4.83. The number of hydrogen-bond donors (Lipinski definition) is 0. The van der Waals surface area contributed by atoms with Gasteiger partial charge in [0, 0.05) is 38.3 Å².